The Hall–Kier alpha value is -8.98. The zero-order chi connectivity index (χ0) is 45.7. The maximum atomic E-state index is 2.45. The van der Waals surface area contributed by atoms with E-state index < -0.39 is 5.41 Å². The normalized spacial score (nSPS) is 12.5. The van der Waals surface area contributed by atoms with Gasteiger partial charge in [-0.3, -0.25) is 0 Å². The first kappa shape index (κ1) is 40.3. The fourth-order valence-electron chi connectivity index (χ4n) is 11.2. The van der Waals surface area contributed by atoms with Gasteiger partial charge in [0.2, 0.25) is 0 Å². The van der Waals surface area contributed by atoms with Crippen LogP contribution in [0.25, 0.3) is 72.0 Å². The van der Waals surface area contributed by atoms with Crippen LogP contribution in [0.2, 0.25) is 0 Å². The van der Waals surface area contributed by atoms with Gasteiger partial charge >= 0.3 is 0 Å². The van der Waals surface area contributed by atoms with Crippen molar-refractivity contribution in [1.29, 1.82) is 0 Å². The van der Waals surface area contributed by atoms with Gasteiger partial charge in [-0.25, -0.2) is 0 Å². The Bertz CT molecular complexity index is 3780. The highest BCUT2D eigenvalue weighted by molar-refractivity contribution is 6.10. The van der Waals surface area contributed by atoms with E-state index in [1.807, 2.05) is 0 Å². The molecule has 1 aliphatic rings. The second kappa shape index (κ2) is 16.7. The fourth-order valence-corrected chi connectivity index (χ4v) is 11.2. The number of hydrogen-bond donors (Lipinski definition) is 0. The molecule has 0 spiro atoms. The molecule has 69 heavy (non-hydrogen) atoms. The van der Waals surface area contributed by atoms with Crippen molar-refractivity contribution in [3.05, 3.63) is 301 Å². The van der Waals surface area contributed by atoms with Gasteiger partial charge in [0.05, 0.1) is 22.1 Å². The zero-order valence-electron chi connectivity index (χ0n) is 38.0. The molecule has 0 bridgehead atoms. The monoisotopic (exact) mass is 878 g/mol. The van der Waals surface area contributed by atoms with E-state index >= 15 is 0 Å². The van der Waals surface area contributed by atoms with Crippen molar-refractivity contribution in [1.82, 2.24) is 4.57 Å². The molecule has 324 valence electrons. The molecule has 0 aliphatic heterocycles. The highest BCUT2D eigenvalue weighted by Crippen LogP contribution is 2.57. The summed E-state index contributed by atoms with van der Waals surface area (Å²) in [6.45, 7) is 0. The third-order valence-corrected chi connectivity index (χ3v) is 14.3. The predicted molar refractivity (Wildman–Crippen MR) is 289 cm³/mol. The lowest BCUT2D eigenvalue weighted by Gasteiger charge is -2.34. The van der Waals surface area contributed by atoms with Gasteiger partial charge in [-0.05, 0) is 122 Å². The van der Waals surface area contributed by atoms with Gasteiger partial charge in [-0.2, -0.15) is 0 Å². The van der Waals surface area contributed by atoms with E-state index in [0.29, 0.717) is 0 Å². The number of para-hydroxylation sites is 3. The highest BCUT2D eigenvalue weighted by Gasteiger charge is 2.46. The summed E-state index contributed by atoms with van der Waals surface area (Å²) in [5.74, 6) is 0. The van der Waals surface area contributed by atoms with Crippen LogP contribution in [0.3, 0.4) is 0 Å². The number of benzene rings is 11. The van der Waals surface area contributed by atoms with Crippen LogP contribution in [0.15, 0.2) is 279 Å². The molecule has 0 radical (unpaired) electrons. The summed E-state index contributed by atoms with van der Waals surface area (Å²) in [5.41, 5.74) is 21.0. The Balaban J connectivity index is 0.983. The van der Waals surface area contributed by atoms with E-state index in [9.17, 15) is 0 Å². The summed E-state index contributed by atoms with van der Waals surface area (Å²) in [7, 11) is 0. The molecule has 1 aromatic heterocycles. The Labute approximate surface area is 403 Å². The summed E-state index contributed by atoms with van der Waals surface area (Å²) >= 11 is 0. The first-order valence-electron chi connectivity index (χ1n) is 23.8. The molecule has 0 saturated heterocycles. The zero-order valence-corrected chi connectivity index (χ0v) is 38.0. The number of rotatable bonds is 9. The maximum absolute atomic E-state index is 2.45. The van der Waals surface area contributed by atoms with Crippen LogP contribution >= 0.6 is 0 Å². The summed E-state index contributed by atoms with van der Waals surface area (Å²) < 4.78 is 2.40. The van der Waals surface area contributed by atoms with Crippen LogP contribution in [0.4, 0.5) is 17.1 Å². The molecule has 13 rings (SSSR count). The molecular weight excluding hydrogens is 833 g/mol. The Morgan fingerprint density at radius 1 is 0.290 bits per heavy atom. The highest BCUT2D eigenvalue weighted by atomic mass is 15.1. The van der Waals surface area contributed by atoms with Crippen LogP contribution < -0.4 is 4.90 Å². The van der Waals surface area contributed by atoms with Crippen LogP contribution in [0, 0.1) is 0 Å². The maximum Gasteiger partial charge on any atom is 0.0713 e. The minimum absolute atomic E-state index is 0.480. The fraction of sp³-hybridized carbons (Fsp3) is 0.0149. The smallest absolute Gasteiger partial charge is 0.0713 e. The molecule has 0 unspecified atom stereocenters. The Kier molecular flexibility index (Phi) is 9.77. The molecule has 11 aromatic carbocycles. The molecule has 2 nitrogen and oxygen atoms in total. The van der Waals surface area contributed by atoms with Crippen LogP contribution in [0.5, 0.6) is 0 Å². The first-order chi connectivity index (χ1) is 34.2. The van der Waals surface area contributed by atoms with Crippen molar-refractivity contribution >= 4 is 38.9 Å². The largest absolute Gasteiger partial charge is 0.310 e. The standard InChI is InChI=1S/C67H46N2/c1-5-20-47(21-6-1)48-36-39-55(40-37-48)68(56-41-43-63-61(46-56)58-31-13-16-33-62(58)67(63,52-24-7-2-8-25-52)53-26-9-3-10-27-53)64-34-17-14-30-57(64)51-23-19-22-49(44-51)50-38-42-60-59-32-15-18-35-65(59)69(66(60)45-50)54-28-11-4-12-29-54/h1-46H. The van der Waals surface area contributed by atoms with Crippen LogP contribution in [-0.4, -0.2) is 4.57 Å². The van der Waals surface area contributed by atoms with Crippen molar-refractivity contribution in [2.75, 3.05) is 4.90 Å². The molecular formula is C67H46N2. The van der Waals surface area contributed by atoms with Crippen molar-refractivity contribution in [3.8, 4) is 50.2 Å². The topological polar surface area (TPSA) is 8.17 Å². The number of hydrogen-bond acceptors (Lipinski definition) is 1. The molecule has 2 heteroatoms. The molecule has 0 saturated carbocycles. The van der Waals surface area contributed by atoms with E-state index in [4.69, 9.17) is 0 Å². The van der Waals surface area contributed by atoms with Crippen LogP contribution in [-0.2, 0) is 5.41 Å². The third-order valence-electron chi connectivity index (χ3n) is 14.3. The SMILES string of the molecule is c1ccc(-c2ccc(N(c3ccc4c(c3)-c3ccccc3C4(c3ccccc3)c3ccccc3)c3ccccc3-c3cccc(-c4ccc5c6ccccc6n(-c6ccccc6)c5c4)c3)cc2)cc1. The number of fused-ring (bicyclic) bond motifs is 6. The second-order valence-corrected chi connectivity index (χ2v) is 18.0. The minimum Gasteiger partial charge on any atom is -0.310 e. The second-order valence-electron chi connectivity index (χ2n) is 18.0. The van der Waals surface area contributed by atoms with Gasteiger partial charge < -0.3 is 9.47 Å². The lowest BCUT2D eigenvalue weighted by atomic mass is 9.68. The van der Waals surface area contributed by atoms with Gasteiger partial charge in [-0.1, -0.05) is 218 Å². The average molecular weight is 879 g/mol. The minimum atomic E-state index is -0.480. The number of nitrogens with zero attached hydrogens (tertiary/aromatic N) is 2. The van der Waals surface area contributed by atoms with Gasteiger partial charge in [0.25, 0.3) is 0 Å². The van der Waals surface area contributed by atoms with Gasteiger partial charge in [0.1, 0.15) is 0 Å². The molecule has 1 heterocycles. The molecule has 12 aromatic rings. The van der Waals surface area contributed by atoms with E-state index in [-0.39, 0.29) is 0 Å². The summed E-state index contributed by atoms with van der Waals surface area (Å²) in [6.07, 6.45) is 0. The first-order valence-corrected chi connectivity index (χ1v) is 23.8. The molecule has 0 fully saturated rings. The lowest BCUT2D eigenvalue weighted by molar-refractivity contribution is 0.768. The molecule has 0 atom stereocenters. The van der Waals surface area contributed by atoms with Crippen molar-refractivity contribution < 1.29 is 0 Å². The van der Waals surface area contributed by atoms with Crippen molar-refractivity contribution in [3.63, 3.8) is 0 Å². The Morgan fingerprint density at radius 3 is 1.57 bits per heavy atom. The van der Waals surface area contributed by atoms with Crippen LogP contribution in [0.1, 0.15) is 22.3 Å². The van der Waals surface area contributed by atoms with Gasteiger partial charge in [-0.15, -0.1) is 0 Å². The average Bonchev–Trinajstić information content (AvgIpc) is 3.92. The molecule has 0 N–H and O–H groups in total. The molecule has 0 amide bonds. The Morgan fingerprint density at radius 2 is 0.812 bits per heavy atom. The summed E-state index contributed by atoms with van der Waals surface area (Å²) in [4.78, 5) is 2.45. The number of aromatic nitrogens is 1. The lowest BCUT2D eigenvalue weighted by Crippen LogP contribution is -2.28. The van der Waals surface area contributed by atoms with E-state index in [1.165, 1.54) is 77.4 Å². The van der Waals surface area contributed by atoms with Crippen molar-refractivity contribution in [2.24, 2.45) is 0 Å². The number of anilines is 3. The van der Waals surface area contributed by atoms with Gasteiger partial charge in [0, 0.05) is 33.4 Å². The van der Waals surface area contributed by atoms with E-state index in [1.54, 1.807) is 0 Å². The van der Waals surface area contributed by atoms with Gasteiger partial charge in [0.15, 0.2) is 0 Å². The van der Waals surface area contributed by atoms with E-state index in [0.717, 1.165) is 33.9 Å². The molecule has 1 aliphatic carbocycles. The quantitative estimate of drug-likeness (QED) is 0.140. The summed E-state index contributed by atoms with van der Waals surface area (Å²) in [5, 5.41) is 2.50. The summed E-state index contributed by atoms with van der Waals surface area (Å²) in [6, 6.07) is 102. The third kappa shape index (κ3) is 6.64. The van der Waals surface area contributed by atoms with Crippen molar-refractivity contribution in [2.45, 2.75) is 5.41 Å². The van der Waals surface area contributed by atoms with E-state index in [2.05, 4.69) is 289 Å². The predicted octanol–water partition coefficient (Wildman–Crippen LogP) is 17.6.